The lowest BCUT2D eigenvalue weighted by atomic mass is 10.1. The van der Waals surface area contributed by atoms with Crippen LogP contribution in [-0.4, -0.2) is 36.1 Å². The van der Waals surface area contributed by atoms with Gasteiger partial charge >= 0.3 is 0 Å². The molecule has 7 nitrogen and oxygen atoms in total. The van der Waals surface area contributed by atoms with Crippen molar-refractivity contribution in [2.45, 2.75) is 13.0 Å². The van der Waals surface area contributed by atoms with E-state index in [1.54, 1.807) is 19.4 Å². The van der Waals surface area contributed by atoms with Crippen LogP contribution in [0.3, 0.4) is 0 Å². The number of nitrogens with one attached hydrogen (secondary N) is 1. The van der Waals surface area contributed by atoms with E-state index in [-0.39, 0.29) is 21.6 Å². The molecule has 0 unspecified atom stereocenters. The van der Waals surface area contributed by atoms with E-state index in [9.17, 15) is 4.39 Å². The molecule has 1 atom stereocenters. The fraction of sp³-hybridized carbons (Fsp3) is 0.250. The fourth-order valence-electron chi connectivity index (χ4n) is 4.10. The molecule has 10 heteroatoms. The Labute approximate surface area is 205 Å². The molecule has 0 radical (unpaired) electrons. The predicted molar refractivity (Wildman–Crippen MR) is 132 cm³/mol. The number of nitrogens with two attached hydrogens (primary N) is 1. The highest BCUT2D eigenvalue weighted by Gasteiger charge is 2.23. The van der Waals surface area contributed by atoms with Gasteiger partial charge in [-0.1, -0.05) is 23.2 Å². The molecule has 4 heterocycles. The zero-order chi connectivity index (χ0) is 23.8. The minimum absolute atomic E-state index is 0.102. The Morgan fingerprint density at radius 1 is 1.15 bits per heavy atom. The highest BCUT2D eigenvalue weighted by molar-refractivity contribution is 6.36. The van der Waals surface area contributed by atoms with E-state index < -0.39 is 11.9 Å². The zero-order valence-corrected chi connectivity index (χ0v) is 19.8. The minimum atomic E-state index is -0.709. The molecule has 4 aromatic rings. The molecule has 0 spiro atoms. The molecule has 0 aliphatic carbocycles. The van der Waals surface area contributed by atoms with Gasteiger partial charge in [0.2, 0.25) is 5.75 Å². The smallest absolute Gasteiger partial charge is 0.205 e. The zero-order valence-electron chi connectivity index (χ0n) is 18.3. The van der Waals surface area contributed by atoms with Crippen LogP contribution in [-0.2, 0) is 0 Å². The first-order chi connectivity index (χ1) is 16.4. The molecule has 1 aliphatic heterocycles. The third-order valence-corrected chi connectivity index (χ3v) is 6.60. The monoisotopic (exact) mass is 501 g/mol. The Balaban J connectivity index is 1.47. The average molecular weight is 502 g/mol. The lowest BCUT2D eigenvalue weighted by Crippen LogP contribution is -2.43. The van der Waals surface area contributed by atoms with Crippen molar-refractivity contribution in [1.82, 2.24) is 15.3 Å². The number of hydrogen-bond donors (Lipinski definition) is 2. The lowest BCUT2D eigenvalue weighted by Gasteiger charge is -2.28. The molecule has 34 heavy (non-hydrogen) atoms. The molecule has 0 saturated carbocycles. The maximum Gasteiger partial charge on any atom is 0.205 e. The Morgan fingerprint density at radius 2 is 1.94 bits per heavy atom. The molecule has 1 fully saturated rings. The highest BCUT2D eigenvalue weighted by Crippen LogP contribution is 2.41. The molecule has 1 aromatic carbocycles. The van der Waals surface area contributed by atoms with Gasteiger partial charge in [-0.3, -0.25) is 0 Å². The van der Waals surface area contributed by atoms with Gasteiger partial charge in [0.15, 0.2) is 11.4 Å². The van der Waals surface area contributed by atoms with Gasteiger partial charge in [-0.05, 0) is 31.2 Å². The number of piperazine rings is 1. The number of ether oxygens (including phenoxy) is 1. The molecule has 176 valence electrons. The molecule has 0 bridgehead atoms. The quantitative estimate of drug-likeness (QED) is 0.350. The van der Waals surface area contributed by atoms with Crippen molar-refractivity contribution in [2.24, 2.45) is 0 Å². The van der Waals surface area contributed by atoms with Crippen molar-refractivity contribution in [2.75, 3.05) is 36.8 Å². The average Bonchev–Trinajstić information content (AvgIpc) is 3.28. The maximum atomic E-state index is 14.0. The Kier molecular flexibility index (Phi) is 6.20. The van der Waals surface area contributed by atoms with Crippen LogP contribution in [0.4, 0.5) is 16.0 Å². The van der Waals surface area contributed by atoms with Crippen molar-refractivity contribution in [3.63, 3.8) is 0 Å². The Bertz CT molecular complexity index is 1340. The number of rotatable bonds is 5. The molecule has 0 amide bonds. The summed E-state index contributed by atoms with van der Waals surface area (Å²) in [5.41, 5.74) is 8.53. The van der Waals surface area contributed by atoms with Crippen LogP contribution in [0.15, 0.2) is 47.3 Å². The number of aromatic nitrogens is 2. The maximum absolute atomic E-state index is 14.0. The van der Waals surface area contributed by atoms with Crippen molar-refractivity contribution in [1.29, 1.82) is 0 Å². The standard InChI is InChI=1S/C24H22Cl2FN5O2/c1-13(20-17(25)3-4-18(27)21(20)26)34-23-22-15(11-31-24(23)28)16(12-33-22)14-2-5-19(30-10-14)32-8-6-29-7-9-32/h2-5,10-13,29H,6-9H2,1H3,(H2,28,31)/t13-/m1/s1. The van der Waals surface area contributed by atoms with E-state index in [1.807, 2.05) is 18.3 Å². The van der Waals surface area contributed by atoms with Gasteiger partial charge in [0.05, 0.1) is 16.7 Å². The van der Waals surface area contributed by atoms with Gasteiger partial charge < -0.3 is 25.1 Å². The number of pyridine rings is 2. The second kappa shape index (κ2) is 9.29. The second-order valence-electron chi connectivity index (χ2n) is 8.02. The summed E-state index contributed by atoms with van der Waals surface area (Å²) < 4.78 is 25.9. The van der Waals surface area contributed by atoms with Crippen LogP contribution in [0.2, 0.25) is 10.0 Å². The number of nitrogens with zero attached hydrogens (tertiary/aromatic N) is 3. The molecular formula is C24H22Cl2FN5O2. The SMILES string of the molecule is C[C@@H](Oc1c(N)ncc2c(-c3ccc(N4CCNCC4)nc3)coc12)c1c(Cl)ccc(F)c1Cl. The third-order valence-electron chi connectivity index (χ3n) is 5.88. The molecular weight excluding hydrogens is 480 g/mol. The third kappa shape index (κ3) is 4.13. The van der Waals surface area contributed by atoms with Gasteiger partial charge in [-0.15, -0.1) is 0 Å². The van der Waals surface area contributed by atoms with E-state index in [0.29, 0.717) is 16.5 Å². The van der Waals surface area contributed by atoms with Gasteiger partial charge in [0.25, 0.3) is 0 Å². The number of nitrogen functional groups attached to an aromatic ring is 1. The summed E-state index contributed by atoms with van der Waals surface area (Å²) in [6, 6.07) is 6.64. The molecule has 1 saturated heterocycles. The summed E-state index contributed by atoms with van der Waals surface area (Å²) in [6.07, 6.45) is 4.35. The molecule has 1 aliphatic rings. The summed E-state index contributed by atoms with van der Waals surface area (Å²) in [4.78, 5) is 11.2. The molecule has 3 aromatic heterocycles. The first kappa shape index (κ1) is 22.7. The predicted octanol–water partition coefficient (Wildman–Crippen LogP) is 5.47. The van der Waals surface area contributed by atoms with Crippen molar-refractivity contribution >= 4 is 45.8 Å². The van der Waals surface area contributed by atoms with Gasteiger partial charge in [-0.25, -0.2) is 14.4 Å². The number of benzene rings is 1. The number of furan rings is 1. The minimum Gasteiger partial charge on any atom is -0.478 e. The topological polar surface area (TPSA) is 89.4 Å². The summed E-state index contributed by atoms with van der Waals surface area (Å²) >= 11 is 12.4. The van der Waals surface area contributed by atoms with Crippen molar-refractivity contribution < 1.29 is 13.5 Å². The fourth-order valence-corrected chi connectivity index (χ4v) is 4.77. The summed E-state index contributed by atoms with van der Waals surface area (Å²) in [7, 11) is 0. The van der Waals surface area contributed by atoms with Crippen LogP contribution < -0.4 is 20.7 Å². The van der Waals surface area contributed by atoms with E-state index in [2.05, 4.69) is 20.2 Å². The van der Waals surface area contributed by atoms with Crippen LogP contribution in [0.25, 0.3) is 22.1 Å². The molecule has 5 rings (SSSR count). The van der Waals surface area contributed by atoms with Gasteiger partial charge in [-0.2, -0.15) is 0 Å². The van der Waals surface area contributed by atoms with Crippen LogP contribution >= 0.6 is 23.2 Å². The number of halogens is 3. The van der Waals surface area contributed by atoms with Crippen LogP contribution in [0, 0.1) is 5.82 Å². The molecule has 3 N–H and O–H groups in total. The Morgan fingerprint density at radius 3 is 2.68 bits per heavy atom. The van der Waals surface area contributed by atoms with Crippen molar-refractivity contribution in [3.05, 3.63) is 64.3 Å². The van der Waals surface area contributed by atoms with E-state index in [1.165, 1.54) is 12.1 Å². The van der Waals surface area contributed by atoms with E-state index >= 15 is 0 Å². The lowest BCUT2D eigenvalue weighted by molar-refractivity contribution is 0.227. The summed E-state index contributed by atoms with van der Waals surface area (Å²) in [5.74, 6) is 0.717. The summed E-state index contributed by atoms with van der Waals surface area (Å²) in [5, 5.41) is 4.23. The second-order valence-corrected chi connectivity index (χ2v) is 8.81. The first-order valence-corrected chi connectivity index (χ1v) is 11.6. The number of hydrogen-bond acceptors (Lipinski definition) is 7. The van der Waals surface area contributed by atoms with Gasteiger partial charge in [0.1, 0.15) is 17.7 Å². The normalized spacial score (nSPS) is 15.0. The number of anilines is 2. The summed E-state index contributed by atoms with van der Waals surface area (Å²) in [6.45, 7) is 5.42. The van der Waals surface area contributed by atoms with E-state index in [4.69, 9.17) is 38.1 Å². The van der Waals surface area contributed by atoms with Crippen LogP contribution in [0.5, 0.6) is 5.75 Å². The van der Waals surface area contributed by atoms with Crippen molar-refractivity contribution in [3.8, 4) is 16.9 Å². The Hall–Kier alpha value is -3.07. The largest absolute Gasteiger partial charge is 0.478 e. The highest BCUT2D eigenvalue weighted by atomic mass is 35.5. The van der Waals surface area contributed by atoms with E-state index in [0.717, 1.165) is 43.1 Å². The van der Waals surface area contributed by atoms with Gasteiger partial charge in [0, 0.05) is 60.3 Å². The van der Waals surface area contributed by atoms with Crippen LogP contribution in [0.1, 0.15) is 18.6 Å². The first-order valence-electron chi connectivity index (χ1n) is 10.8. The number of fused-ring (bicyclic) bond motifs is 1.